The van der Waals surface area contributed by atoms with Crippen LogP contribution in [0, 0.1) is 0 Å². The molecule has 0 unspecified atom stereocenters. The van der Waals surface area contributed by atoms with Gasteiger partial charge in [0.25, 0.3) is 0 Å². The third-order valence-corrected chi connectivity index (χ3v) is 19.4. The van der Waals surface area contributed by atoms with E-state index in [1.54, 1.807) is 0 Å². The first kappa shape index (κ1) is 43.4. The van der Waals surface area contributed by atoms with Crippen molar-refractivity contribution < 1.29 is 0 Å². The normalized spacial score (nSPS) is 15.2. The van der Waals surface area contributed by atoms with Crippen LogP contribution in [-0.2, 0) is 16.2 Å². The molecule has 3 aliphatic rings. The monoisotopic (exact) mass is 978 g/mol. The largest absolute Gasteiger partial charge is 0.0610 e. The quantitative estimate of drug-likeness (QED) is 0.154. The summed E-state index contributed by atoms with van der Waals surface area (Å²) in [6.45, 7) is 14.5. The highest BCUT2D eigenvalue weighted by atomic mass is 14.4. The van der Waals surface area contributed by atoms with E-state index >= 15 is 0 Å². The molecule has 0 bridgehead atoms. The molecule has 0 N–H and O–H groups in total. The van der Waals surface area contributed by atoms with E-state index in [4.69, 9.17) is 0 Å². The van der Waals surface area contributed by atoms with Crippen LogP contribution >= 0.6 is 0 Å². The van der Waals surface area contributed by atoms with E-state index < -0.39 is 0 Å². The van der Waals surface area contributed by atoms with Crippen LogP contribution in [0.3, 0.4) is 0 Å². The number of hydrogen-bond acceptors (Lipinski definition) is 0. The molecule has 0 nitrogen and oxygen atoms in total. The van der Waals surface area contributed by atoms with Crippen molar-refractivity contribution in [3.05, 3.63) is 252 Å². The average molecular weight is 979 g/mol. The summed E-state index contributed by atoms with van der Waals surface area (Å²) in [6, 6.07) is 84.4. The first-order chi connectivity index (χ1) is 37.4. The maximum Gasteiger partial charge on any atom is 0.0159 e. The van der Waals surface area contributed by atoms with E-state index in [1.165, 1.54) is 176 Å². The van der Waals surface area contributed by atoms with Gasteiger partial charge in [0, 0.05) is 16.2 Å². The van der Waals surface area contributed by atoms with Gasteiger partial charge in [-0.2, -0.15) is 0 Å². The third-order valence-electron chi connectivity index (χ3n) is 19.4. The van der Waals surface area contributed by atoms with Gasteiger partial charge in [-0.3, -0.25) is 0 Å². The van der Waals surface area contributed by atoms with Crippen molar-refractivity contribution in [3.63, 3.8) is 0 Å². The highest BCUT2D eigenvalue weighted by Crippen LogP contribution is 2.56. The van der Waals surface area contributed by atoms with Crippen molar-refractivity contribution >= 4 is 64.6 Å². The highest BCUT2D eigenvalue weighted by molar-refractivity contribution is 6.27. The number of benzene rings is 14. The standard InChI is InChI=1S/C77H54/c1-75(2)65-37-49(51-23-31-59-61-33-25-53(41-69(61)76(3,4)67(59)39-51)55-27-17-47-15-13-43-9-7-11-45-19-35-63(55)73(47)71(43)45)21-29-57(65)58-30-22-50(38-66(58)75)52-24-32-60-62-34-26-54(42-70(62)77(5,6)68(60)40-52)56-28-18-48-16-14-44-10-8-12-46-20-36-64(56)74(48)72(44)46/h7-42H,1-6H3. The Bertz CT molecular complexity index is 4590. The van der Waals surface area contributed by atoms with Crippen LogP contribution in [0.15, 0.2) is 218 Å². The van der Waals surface area contributed by atoms with Crippen LogP contribution in [0.25, 0.3) is 143 Å². The Labute approximate surface area is 449 Å². The zero-order valence-corrected chi connectivity index (χ0v) is 44.3. The molecule has 0 saturated heterocycles. The predicted molar refractivity (Wildman–Crippen MR) is 328 cm³/mol. The molecule has 17 rings (SSSR count). The summed E-state index contributed by atoms with van der Waals surface area (Å²) in [5, 5.41) is 15.9. The van der Waals surface area contributed by atoms with E-state index in [0.29, 0.717) is 0 Å². The van der Waals surface area contributed by atoms with Crippen LogP contribution < -0.4 is 0 Å². The molecule has 0 atom stereocenters. The van der Waals surface area contributed by atoms with Crippen molar-refractivity contribution in [2.24, 2.45) is 0 Å². The van der Waals surface area contributed by atoms with Crippen LogP contribution in [0.2, 0.25) is 0 Å². The van der Waals surface area contributed by atoms with Crippen molar-refractivity contribution in [2.75, 3.05) is 0 Å². The lowest BCUT2D eigenvalue weighted by atomic mass is 9.79. The summed E-state index contributed by atoms with van der Waals surface area (Å²) in [7, 11) is 0. The second-order valence-electron chi connectivity index (χ2n) is 24.4. The number of fused-ring (bicyclic) bond motifs is 9. The smallest absolute Gasteiger partial charge is 0.0159 e. The Morgan fingerprint density at radius 2 is 0.416 bits per heavy atom. The molecule has 0 amide bonds. The Balaban J connectivity index is 0.678. The molecule has 0 aromatic heterocycles. The molecule has 0 spiro atoms. The van der Waals surface area contributed by atoms with Gasteiger partial charge in [-0.05, 0) is 212 Å². The van der Waals surface area contributed by atoms with Crippen LogP contribution in [-0.4, -0.2) is 0 Å². The van der Waals surface area contributed by atoms with Gasteiger partial charge in [-0.25, -0.2) is 0 Å². The Kier molecular flexibility index (Phi) is 8.32. The van der Waals surface area contributed by atoms with Crippen molar-refractivity contribution in [3.8, 4) is 77.9 Å². The molecule has 0 radical (unpaired) electrons. The second kappa shape index (κ2) is 14.8. The lowest BCUT2D eigenvalue weighted by molar-refractivity contribution is 0.659. The van der Waals surface area contributed by atoms with E-state index in [0.717, 1.165) is 0 Å². The van der Waals surface area contributed by atoms with Crippen LogP contribution in [0.1, 0.15) is 74.9 Å². The minimum absolute atomic E-state index is 0.159. The molecule has 14 aromatic carbocycles. The maximum absolute atomic E-state index is 2.49. The number of hydrogen-bond donors (Lipinski definition) is 0. The first-order valence-corrected chi connectivity index (χ1v) is 27.6. The van der Waals surface area contributed by atoms with Gasteiger partial charge >= 0.3 is 0 Å². The van der Waals surface area contributed by atoms with Crippen molar-refractivity contribution in [1.82, 2.24) is 0 Å². The molecule has 77 heavy (non-hydrogen) atoms. The molecule has 0 fully saturated rings. The van der Waals surface area contributed by atoms with Crippen LogP contribution in [0.4, 0.5) is 0 Å². The fourth-order valence-electron chi connectivity index (χ4n) is 15.2. The fraction of sp³-hybridized carbons (Fsp3) is 0.117. The summed E-state index contributed by atoms with van der Waals surface area (Å²) in [4.78, 5) is 0. The van der Waals surface area contributed by atoms with E-state index in [2.05, 4.69) is 260 Å². The fourth-order valence-corrected chi connectivity index (χ4v) is 15.2. The van der Waals surface area contributed by atoms with Gasteiger partial charge in [0.2, 0.25) is 0 Å². The summed E-state index contributed by atoms with van der Waals surface area (Å²) in [5.41, 5.74) is 26.2. The third kappa shape index (κ3) is 5.73. The molecule has 0 heterocycles. The molecule has 0 saturated carbocycles. The SMILES string of the molecule is CC1(C)c2cc(-c3ccc4c(c3)C(C)(C)c3cc(-c5ccc6ccc7cccc8ccc5c6c78)ccc3-4)ccc2-c2ccc(-c3ccc4c(c3)C(C)(C)c3cc(-c5ccc6ccc7cccc8ccc5c6c78)ccc3-4)cc21. The molecule has 3 aliphatic carbocycles. The zero-order valence-electron chi connectivity index (χ0n) is 44.3. The minimum atomic E-state index is -0.168. The van der Waals surface area contributed by atoms with E-state index in [9.17, 15) is 0 Å². The highest BCUT2D eigenvalue weighted by Gasteiger charge is 2.40. The zero-order chi connectivity index (χ0) is 51.4. The Morgan fingerprint density at radius 3 is 0.714 bits per heavy atom. The summed E-state index contributed by atoms with van der Waals surface area (Å²) < 4.78 is 0. The second-order valence-corrected chi connectivity index (χ2v) is 24.4. The van der Waals surface area contributed by atoms with E-state index in [-0.39, 0.29) is 16.2 Å². The lowest BCUT2D eigenvalue weighted by Crippen LogP contribution is -2.16. The van der Waals surface area contributed by atoms with Gasteiger partial charge < -0.3 is 0 Å². The molecule has 0 aliphatic heterocycles. The predicted octanol–water partition coefficient (Wildman–Crippen LogP) is 21.1. The van der Waals surface area contributed by atoms with Gasteiger partial charge in [-0.1, -0.05) is 224 Å². The maximum atomic E-state index is 2.49. The average Bonchev–Trinajstić information content (AvgIpc) is 4.05. The Morgan fingerprint density at radius 1 is 0.195 bits per heavy atom. The lowest BCUT2D eigenvalue weighted by Gasteiger charge is -2.24. The summed E-state index contributed by atoms with van der Waals surface area (Å²) in [6.07, 6.45) is 0. The van der Waals surface area contributed by atoms with Gasteiger partial charge in [0.05, 0.1) is 0 Å². The van der Waals surface area contributed by atoms with Gasteiger partial charge in [-0.15, -0.1) is 0 Å². The van der Waals surface area contributed by atoms with Gasteiger partial charge in [0.1, 0.15) is 0 Å². The van der Waals surface area contributed by atoms with Crippen molar-refractivity contribution in [2.45, 2.75) is 57.8 Å². The minimum Gasteiger partial charge on any atom is -0.0610 e. The van der Waals surface area contributed by atoms with Crippen LogP contribution in [0.5, 0.6) is 0 Å². The topological polar surface area (TPSA) is 0 Å². The Hall–Kier alpha value is -8.84. The summed E-state index contributed by atoms with van der Waals surface area (Å²) in [5.74, 6) is 0. The molecule has 14 aromatic rings. The van der Waals surface area contributed by atoms with E-state index in [1.807, 2.05) is 0 Å². The summed E-state index contributed by atoms with van der Waals surface area (Å²) >= 11 is 0. The number of rotatable bonds is 4. The molecule has 362 valence electrons. The molecular weight excluding hydrogens is 925 g/mol. The van der Waals surface area contributed by atoms with Crippen molar-refractivity contribution in [1.29, 1.82) is 0 Å². The molecular formula is C77H54. The first-order valence-electron chi connectivity index (χ1n) is 27.6. The molecule has 0 heteroatoms. The van der Waals surface area contributed by atoms with Gasteiger partial charge in [0.15, 0.2) is 0 Å².